The molecule has 2 rings (SSSR count). The number of rotatable bonds is 6. The summed E-state index contributed by atoms with van der Waals surface area (Å²) in [6.07, 6.45) is 0.812. The topological polar surface area (TPSA) is 90.4 Å². The van der Waals surface area contributed by atoms with Gasteiger partial charge in [0.2, 0.25) is 0 Å². The Balaban J connectivity index is 2.40. The van der Waals surface area contributed by atoms with Gasteiger partial charge in [0, 0.05) is 12.1 Å². The summed E-state index contributed by atoms with van der Waals surface area (Å²) in [5.41, 5.74) is 7.99. The number of carbonyl (C=O) groups is 1. The molecule has 0 radical (unpaired) electrons. The summed E-state index contributed by atoms with van der Waals surface area (Å²) in [5, 5.41) is 13.6. The zero-order valence-corrected chi connectivity index (χ0v) is 12.2. The number of nitrogens with zero attached hydrogens (tertiary/aromatic N) is 2. The minimum absolute atomic E-state index is 0.180. The van der Waals surface area contributed by atoms with Crippen LogP contribution in [-0.2, 0) is 6.54 Å². The summed E-state index contributed by atoms with van der Waals surface area (Å²) in [6.45, 7) is 4.97. The van der Waals surface area contributed by atoms with Crippen LogP contribution in [0.1, 0.15) is 30.8 Å². The maximum absolute atomic E-state index is 11.2. The monoisotopic (exact) mass is 289 g/mol. The van der Waals surface area contributed by atoms with E-state index < -0.39 is 5.97 Å². The molecule has 0 saturated heterocycles. The van der Waals surface area contributed by atoms with E-state index >= 15 is 0 Å². The lowest BCUT2D eigenvalue weighted by molar-refractivity contribution is 0.0683. The van der Waals surface area contributed by atoms with Crippen LogP contribution in [0.25, 0.3) is 11.3 Å². The molecule has 21 heavy (non-hydrogen) atoms. The van der Waals surface area contributed by atoms with Crippen LogP contribution >= 0.6 is 0 Å². The fourth-order valence-corrected chi connectivity index (χ4v) is 2.11. The van der Waals surface area contributed by atoms with E-state index in [1.807, 2.05) is 19.9 Å². The lowest BCUT2D eigenvalue weighted by Crippen LogP contribution is -2.09. The van der Waals surface area contributed by atoms with E-state index in [1.165, 1.54) is 4.68 Å². The highest BCUT2D eigenvalue weighted by Crippen LogP contribution is 2.28. The molecule has 0 saturated carbocycles. The lowest BCUT2D eigenvalue weighted by atomic mass is 10.1. The normalized spacial score (nSPS) is 10.6. The number of aryl methyl sites for hydroxylation is 1. The van der Waals surface area contributed by atoms with Crippen LogP contribution in [0.3, 0.4) is 0 Å². The standard InChI is InChI=1S/C15H19N3O3/c1-3-7-18-13(15(19)20)9-12(17-18)10-5-6-14(21-4-2)11(16)8-10/h5-6,8-9H,3-4,7,16H2,1-2H3,(H,19,20). The van der Waals surface area contributed by atoms with Crippen LogP contribution in [-0.4, -0.2) is 27.5 Å². The number of carboxylic acids is 1. The number of nitrogen functional groups attached to an aromatic ring is 1. The third-order valence-electron chi connectivity index (χ3n) is 3.04. The zero-order valence-electron chi connectivity index (χ0n) is 12.2. The molecule has 0 unspecified atom stereocenters. The molecule has 3 N–H and O–H groups in total. The van der Waals surface area contributed by atoms with E-state index in [2.05, 4.69) is 5.10 Å². The van der Waals surface area contributed by atoms with Gasteiger partial charge in [0.05, 0.1) is 18.0 Å². The van der Waals surface area contributed by atoms with Gasteiger partial charge in [-0.3, -0.25) is 4.68 Å². The minimum Gasteiger partial charge on any atom is -0.492 e. The van der Waals surface area contributed by atoms with Crippen LogP contribution in [0, 0.1) is 0 Å². The molecule has 0 aliphatic heterocycles. The third-order valence-corrected chi connectivity index (χ3v) is 3.04. The van der Waals surface area contributed by atoms with Crippen molar-refractivity contribution in [2.24, 2.45) is 0 Å². The average molecular weight is 289 g/mol. The molecule has 0 aliphatic rings. The van der Waals surface area contributed by atoms with Crippen molar-refractivity contribution in [1.82, 2.24) is 9.78 Å². The first-order chi connectivity index (χ1) is 10.1. The van der Waals surface area contributed by atoms with Gasteiger partial charge in [-0.05, 0) is 37.6 Å². The van der Waals surface area contributed by atoms with Gasteiger partial charge in [0.25, 0.3) is 0 Å². The van der Waals surface area contributed by atoms with Crippen molar-refractivity contribution in [3.8, 4) is 17.0 Å². The number of hydrogen-bond acceptors (Lipinski definition) is 4. The number of benzene rings is 1. The Hall–Kier alpha value is -2.50. The smallest absolute Gasteiger partial charge is 0.354 e. The predicted molar refractivity (Wildman–Crippen MR) is 80.5 cm³/mol. The first-order valence-electron chi connectivity index (χ1n) is 6.90. The fourth-order valence-electron chi connectivity index (χ4n) is 2.11. The van der Waals surface area contributed by atoms with E-state index in [0.717, 1.165) is 12.0 Å². The van der Waals surface area contributed by atoms with Gasteiger partial charge in [-0.2, -0.15) is 5.10 Å². The Kier molecular flexibility index (Phi) is 4.47. The Morgan fingerprint density at radius 3 is 2.71 bits per heavy atom. The first kappa shape index (κ1) is 14.9. The van der Waals surface area contributed by atoms with Gasteiger partial charge < -0.3 is 15.6 Å². The van der Waals surface area contributed by atoms with Crippen molar-refractivity contribution in [3.63, 3.8) is 0 Å². The second-order valence-corrected chi connectivity index (χ2v) is 4.63. The molecule has 112 valence electrons. The highest BCUT2D eigenvalue weighted by atomic mass is 16.5. The molecule has 0 bridgehead atoms. The summed E-state index contributed by atoms with van der Waals surface area (Å²) in [7, 11) is 0. The summed E-state index contributed by atoms with van der Waals surface area (Å²) >= 11 is 0. The highest BCUT2D eigenvalue weighted by molar-refractivity contribution is 5.87. The van der Waals surface area contributed by atoms with Crippen molar-refractivity contribution in [2.75, 3.05) is 12.3 Å². The molecular formula is C15H19N3O3. The quantitative estimate of drug-likeness (QED) is 0.798. The van der Waals surface area contributed by atoms with Gasteiger partial charge in [-0.15, -0.1) is 0 Å². The SMILES string of the molecule is CCCn1nc(-c2ccc(OCC)c(N)c2)cc1C(=O)O. The van der Waals surface area contributed by atoms with Gasteiger partial charge in [-0.25, -0.2) is 4.79 Å². The molecule has 0 aliphatic carbocycles. The molecular weight excluding hydrogens is 270 g/mol. The fraction of sp³-hybridized carbons (Fsp3) is 0.333. The van der Waals surface area contributed by atoms with Crippen molar-refractivity contribution < 1.29 is 14.6 Å². The maximum atomic E-state index is 11.2. The minimum atomic E-state index is -0.985. The molecule has 1 heterocycles. The predicted octanol–water partition coefficient (Wildman–Crippen LogP) is 2.64. The Morgan fingerprint density at radius 1 is 1.38 bits per heavy atom. The largest absolute Gasteiger partial charge is 0.492 e. The number of aromatic nitrogens is 2. The summed E-state index contributed by atoms with van der Waals surface area (Å²) in [4.78, 5) is 11.2. The van der Waals surface area contributed by atoms with Gasteiger partial charge in [0.15, 0.2) is 0 Å². The van der Waals surface area contributed by atoms with Crippen molar-refractivity contribution in [3.05, 3.63) is 30.0 Å². The Labute approximate surface area is 123 Å². The number of hydrogen-bond donors (Lipinski definition) is 2. The number of ether oxygens (including phenoxy) is 1. The number of aromatic carboxylic acids is 1. The second kappa shape index (κ2) is 6.30. The summed E-state index contributed by atoms with van der Waals surface area (Å²) in [6, 6.07) is 6.90. The molecule has 1 aromatic heterocycles. The zero-order chi connectivity index (χ0) is 15.4. The highest BCUT2D eigenvalue weighted by Gasteiger charge is 2.15. The van der Waals surface area contributed by atoms with Crippen LogP contribution in [0.4, 0.5) is 5.69 Å². The average Bonchev–Trinajstić information content (AvgIpc) is 2.86. The first-order valence-corrected chi connectivity index (χ1v) is 6.90. The molecule has 6 nitrogen and oxygen atoms in total. The van der Waals surface area contributed by atoms with Crippen molar-refractivity contribution >= 4 is 11.7 Å². The van der Waals surface area contributed by atoms with Gasteiger partial charge >= 0.3 is 5.97 Å². The van der Waals surface area contributed by atoms with E-state index in [0.29, 0.717) is 30.3 Å². The summed E-state index contributed by atoms with van der Waals surface area (Å²) in [5.74, 6) is -0.367. The van der Waals surface area contributed by atoms with Crippen molar-refractivity contribution in [1.29, 1.82) is 0 Å². The molecule has 0 fully saturated rings. The van der Waals surface area contributed by atoms with E-state index in [4.69, 9.17) is 10.5 Å². The third kappa shape index (κ3) is 3.16. The Bertz CT molecular complexity index is 650. The number of carboxylic acid groups (broad SMARTS) is 1. The van der Waals surface area contributed by atoms with E-state index in [-0.39, 0.29) is 5.69 Å². The maximum Gasteiger partial charge on any atom is 0.354 e. The lowest BCUT2D eigenvalue weighted by Gasteiger charge is -2.07. The van der Waals surface area contributed by atoms with Crippen LogP contribution in [0.15, 0.2) is 24.3 Å². The number of anilines is 1. The number of nitrogens with two attached hydrogens (primary N) is 1. The Morgan fingerprint density at radius 2 is 2.14 bits per heavy atom. The van der Waals surface area contributed by atoms with Crippen LogP contribution in [0.5, 0.6) is 5.75 Å². The molecule has 0 spiro atoms. The molecule has 2 aromatic rings. The molecule has 6 heteroatoms. The summed E-state index contributed by atoms with van der Waals surface area (Å²) < 4.78 is 6.89. The van der Waals surface area contributed by atoms with E-state index in [9.17, 15) is 9.90 Å². The van der Waals surface area contributed by atoms with Gasteiger partial charge in [0.1, 0.15) is 11.4 Å². The van der Waals surface area contributed by atoms with Crippen LogP contribution < -0.4 is 10.5 Å². The van der Waals surface area contributed by atoms with E-state index in [1.54, 1.807) is 18.2 Å². The molecule has 0 amide bonds. The van der Waals surface area contributed by atoms with Gasteiger partial charge in [-0.1, -0.05) is 6.92 Å². The molecule has 0 atom stereocenters. The second-order valence-electron chi connectivity index (χ2n) is 4.63. The molecule has 1 aromatic carbocycles. The van der Waals surface area contributed by atoms with Crippen LogP contribution in [0.2, 0.25) is 0 Å². The van der Waals surface area contributed by atoms with Crippen molar-refractivity contribution in [2.45, 2.75) is 26.8 Å².